The van der Waals surface area contributed by atoms with Crippen LogP contribution in [0.5, 0.6) is 0 Å². The fraction of sp³-hybridized carbons (Fsp3) is 0.500. The first-order valence-corrected chi connectivity index (χ1v) is 15.1. The van der Waals surface area contributed by atoms with E-state index >= 15 is 4.39 Å². The summed E-state index contributed by atoms with van der Waals surface area (Å²) in [6.07, 6.45) is 3.94. The number of halogens is 1. The Hall–Kier alpha value is -4.46. The number of benzene rings is 1. The fourth-order valence-electron chi connectivity index (χ4n) is 7.42. The molecule has 1 unspecified atom stereocenters. The highest BCUT2D eigenvalue weighted by atomic mass is 19.1. The Morgan fingerprint density at radius 1 is 0.909 bits per heavy atom. The molecule has 6 heterocycles. The van der Waals surface area contributed by atoms with E-state index in [9.17, 15) is 24.0 Å². The molecule has 14 heteroatoms. The summed E-state index contributed by atoms with van der Waals surface area (Å²) < 4.78 is 15.3. The van der Waals surface area contributed by atoms with Gasteiger partial charge in [0.15, 0.2) is 11.5 Å². The smallest absolute Gasteiger partial charge is 0.269 e. The molecule has 5 amide bonds. The maximum atomic E-state index is 15.3. The van der Waals surface area contributed by atoms with Crippen molar-refractivity contribution < 1.29 is 28.4 Å². The average molecular weight is 605 g/mol. The van der Waals surface area contributed by atoms with Crippen molar-refractivity contribution in [1.82, 2.24) is 25.3 Å². The lowest BCUT2D eigenvalue weighted by atomic mass is 9.71. The first-order valence-electron chi connectivity index (χ1n) is 15.1. The largest absolute Gasteiger partial charge is 0.369 e. The minimum atomic E-state index is -1.09. The number of rotatable bonds is 5. The van der Waals surface area contributed by atoms with E-state index in [2.05, 4.69) is 25.3 Å². The molecule has 230 valence electrons. The monoisotopic (exact) mass is 604 g/mol. The normalized spacial score (nSPS) is 24.0. The van der Waals surface area contributed by atoms with Gasteiger partial charge in [0.2, 0.25) is 11.8 Å². The van der Waals surface area contributed by atoms with Gasteiger partial charge in [-0.05, 0) is 69.5 Å². The topological polar surface area (TPSA) is 162 Å². The van der Waals surface area contributed by atoms with Gasteiger partial charge in [-0.3, -0.25) is 34.2 Å². The highest BCUT2D eigenvalue weighted by molar-refractivity contribution is 6.23. The lowest BCUT2D eigenvalue weighted by Gasteiger charge is -2.55. The molecule has 0 aliphatic carbocycles. The number of likely N-dealkylation sites (tertiary alicyclic amines) is 1. The van der Waals surface area contributed by atoms with E-state index in [1.807, 2.05) is 4.90 Å². The van der Waals surface area contributed by atoms with Crippen LogP contribution in [0.4, 0.5) is 15.9 Å². The number of nitrogens with zero attached hydrogens (tertiary/aromatic N) is 6. The van der Waals surface area contributed by atoms with Gasteiger partial charge >= 0.3 is 0 Å². The Labute approximate surface area is 252 Å². The Bertz CT molecular complexity index is 1560. The van der Waals surface area contributed by atoms with Gasteiger partial charge in [-0.1, -0.05) is 0 Å². The molecule has 5 aliphatic heterocycles. The van der Waals surface area contributed by atoms with Gasteiger partial charge in [0.1, 0.15) is 11.9 Å². The first-order chi connectivity index (χ1) is 21.1. The Morgan fingerprint density at radius 3 is 2.20 bits per heavy atom. The second-order valence-corrected chi connectivity index (χ2v) is 12.5. The number of aromatic nitrogens is 2. The van der Waals surface area contributed by atoms with Crippen LogP contribution in [0, 0.1) is 11.2 Å². The molecule has 3 N–H and O–H groups in total. The molecule has 1 spiro atoms. The van der Waals surface area contributed by atoms with Crippen LogP contribution in [-0.4, -0.2) is 101 Å². The minimum Gasteiger partial charge on any atom is -0.369 e. The van der Waals surface area contributed by atoms with Crippen LogP contribution in [-0.2, 0) is 9.59 Å². The molecular formula is C30H33FN8O5. The Balaban J connectivity index is 0.940. The quantitative estimate of drug-likeness (QED) is 0.465. The number of hydrogen-bond donors (Lipinski definition) is 2. The number of nitrogens with one attached hydrogen (secondary N) is 1. The maximum Gasteiger partial charge on any atom is 0.269 e. The number of primary amides is 1. The first kappa shape index (κ1) is 28.3. The fourth-order valence-corrected chi connectivity index (χ4v) is 7.42. The number of carbonyl (C=O) groups is 5. The van der Waals surface area contributed by atoms with Crippen LogP contribution in [0.1, 0.15) is 69.7 Å². The van der Waals surface area contributed by atoms with Crippen LogP contribution < -0.4 is 20.9 Å². The van der Waals surface area contributed by atoms with E-state index in [0.29, 0.717) is 19.1 Å². The predicted molar refractivity (Wildman–Crippen MR) is 154 cm³/mol. The summed E-state index contributed by atoms with van der Waals surface area (Å²) in [7, 11) is 0. The van der Waals surface area contributed by atoms with Crippen molar-refractivity contribution in [3.05, 3.63) is 46.9 Å². The van der Waals surface area contributed by atoms with Gasteiger partial charge in [0.25, 0.3) is 17.7 Å². The van der Waals surface area contributed by atoms with Crippen molar-refractivity contribution >= 4 is 41.0 Å². The van der Waals surface area contributed by atoms with Gasteiger partial charge in [-0.25, -0.2) is 4.39 Å². The summed E-state index contributed by atoms with van der Waals surface area (Å²) in [5.74, 6) is -2.90. The standard InChI is InChI=1S/C30H33FN8O5/c31-20-13-18-19(29(44)39(28(18)43)22-2-4-25(40)33-27(22)42)14-23(20)37-9-5-17(6-10-37)36-11-7-30(8-12-36)15-38(16-30)24-3-1-21(26(32)41)34-35-24/h1,3,13-14,17,22H,2,4-12,15-16H2,(H2,32,41)(H,33,40,42). The van der Waals surface area contributed by atoms with E-state index in [-0.39, 0.29) is 40.8 Å². The van der Waals surface area contributed by atoms with Crippen LogP contribution in [0.15, 0.2) is 24.3 Å². The van der Waals surface area contributed by atoms with Gasteiger partial charge in [-0.2, -0.15) is 0 Å². The van der Waals surface area contributed by atoms with Crippen molar-refractivity contribution in [2.45, 2.75) is 50.6 Å². The number of carbonyl (C=O) groups excluding carboxylic acids is 5. The number of imide groups is 2. The van der Waals surface area contributed by atoms with Gasteiger partial charge in [-0.15, -0.1) is 10.2 Å². The molecule has 44 heavy (non-hydrogen) atoms. The zero-order valence-corrected chi connectivity index (χ0v) is 24.1. The molecule has 13 nitrogen and oxygen atoms in total. The van der Waals surface area contributed by atoms with E-state index in [0.717, 1.165) is 68.6 Å². The van der Waals surface area contributed by atoms with Crippen molar-refractivity contribution in [3.63, 3.8) is 0 Å². The second kappa shape index (κ2) is 10.6. The maximum absolute atomic E-state index is 15.3. The van der Waals surface area contributed by atoms with Gasteiger partial charge in [0.05, 0.1) is 16.8 Å². The Kier molecular flexibility index (Phi) is 6.83. The van der Waals surface area contributed by atoms with Crippen LogP contribution in [0.2, 0.25) is 0 Å². The summed E-state index contributed by atoms with van der Waals surface area (Å²) in [4.78, 5) is 68.9. The number of piperidine rings is 3. The third-order valence-electron chi connectivity index (χ3n) is 9.97. The van der Waals surface area contributed by atoms with Gasteiger partial charge in [0, 0.05) is 44.1 Å². The summed E-state index contributed by atoms with van der Waals surface area (Å²) in [5.41, 5.74) is 5.98. The van der Waals surface area contributed by atoms with Crippen LogP contribution in [0.3, 0.4) is 0 Å². The minimum absolute atomic E-state index is 0.0259. The Morgan fingerprint density at radius 2 is 1.59 bits per heavy atom. The molecule has 1 atom stereocenters. The molecule has 7 rings (SSSR count). The van der Waals surface area contributed by atoms with Crippen molar-refractivity contribution in [2.24, 2.45) is 11.1 Å². The second-order valence-electron chi connectivity index (χ2n) is 12.5. The van der Waals surface area contributed by atoms with Crippen LogP contribution >= 0.6 is 0 Å². The molecule has 5 aliphatic rings. The molecule has 0 radical (unpaired) electrons. The number of nitrogens with two attached hydrogens (primary N) is 1. The van der Waals surface area contributed by atoms with E-state index < -0.39 is 41.4 Å². The molecule has 1 aromatic heterocycles. The number of amides is 5. The molecule has 4 fully saturated rings. The van der Waals surface area contributed by atoms with Crippen LogP contribution in [0.25, 0.3) is 0 Å². The number of hydrogen-bond acceptors (Lipinski definition) is 10. The van der Waals surface area contributed by atoms with Crippen molar-refractivity contribution in [3.8, 4) is 0 Å². The summed E-state index contributed by atoms with van der Waals surface area (Å²) in [5, 5.41) is 10.2. The molecule has 0 saturated carbocycles. The van der Waals surface area contributed by atoms with E-state index in [1.165, 1.54) is 6.07 Å². The number of anilines is 2. The predicted octanol–water partition coefficient (Wildman–Crippen LogP) is 0.687. The van der Waals surface area contributed by atoms with Crippen molar-refractivity contribution in [1.29, 1.82) is 0 Å². The molecular weight excluding hydrogens is 571 g/mol. The SMILES string of the molecule is NC(=O)c1ccc(N2CC3(CCN(C4CCN(c5cc6c(cc5F)C(=O)N(C5CCC(=O)NC5=O)C6=O)CC4)CC3)C2)nn1. The zero-order valence-electron chi connectivity index (χ0n) is 24.1. The highest BCUT2D eigenvalue weighted by Crippen LogP contribution is 2.43. The van der Waals surface area contributed by atoms with Crippen molar-refractivity contribution in [2.75, 3.05) is 49.1 Å². The number of fused-ring (bicyclic) bond motifs is 1. The average Bonchev–Trinajstić information content (AvgIpc) is 3.24. The summed E-state index contributed by atoms with van der Waals surface area (Å²) in [6, 6.07) is 5.23. The lowest BCUT2D eigenvalue weighted by Crippen LogP contribution is -2.62. The molecule has 4 saturated heterocycles. The highest BCUT2D eigenvalue weighted by Gasteiger charge is 2.47. The molecule has 0 bridgehead atoms. The van der Waals surface area contributed by atoms with E-state index in [4.69, 9.17) is 5.73 Å². The third-order valence-corrected chi connectivity index (χ3v) is 9.97. The van der Waals surface area contributed by atoms with Gasteiger partial charge < -0.3 is 20.4 Å². The third kappa shape index (κ3) is 4.77. The summed E-state index contributed by atoms with van der Waals surface area (Å²) >= 11 is 0. The zero-order chi connectivity index (χ0) is 30.7. The molecule has 1 aromatic carbocycles. The summed E-state index contributed by atoms with van der Waals surface area (Å²) in [6.45, 7) is 5.03. The molecule has 2 aromatic rings. The lowest BCUT2D eigenvalue weighted by molar-refractivity contribution is -0.136. The van der Waals surface area contributed by atoms with E-state index in [1.54, 1.807) is 12.1 Å².